The lowest BCUT2D eigenvalue weighted by atomic mass is 10.1. The molecule has 0 aliphatic carbocycles. The zero-order chi connectivity index (χ0) is 10.7. The maximum Gasteiger partial charge on any atom is 0.0948 e. The lowest BCUT2D eigenvalue weighted by Crippen LogP contribution is -2.39. The van der Waals surface area contributed by atoms with Crippen LogP contribution in [-0.4, -0.2) is 33.6 Å². The number of aryl methyl sites for hydroxylation is 1. The van der Waals surface area contributed by atoms with E-state index in [0.717, 1.165) is 39.0 Å². The highest BCUT2D eigenvalue weighted by Gasteiger charge is 2.16. The van der Waals surface area contributed by atoms with Gasteiger partial charge < -0.3 is 10.3 Å². The second-order valence-electron chi connectivity index (χ2n) is 4.28. The van der Waals surface area contributed by atoms with Crippen molar-refractivity contribution in [3.05, 3.63) is 18.2 Å². The molecule has 0 aromatic carbocycles. The van der Waals surface area contributed by atoms with Crippen LogP contribution >= 0.6 is 0 Å². The minimum Gasteiger partial charge on any atom is -0.334 e. The Morgan fingerprint density at radius 3 is 2.87 bits per heavy atom. The number of piperidine rings is 1. The Hall–Kier alpha value is -0.870. The van der Waals surface area contributed by atoms with E-state index in [4.69, 9.17) is 5.73 Å². The molecule has 1 fully saturated rings. The maximum atomic E-state index is 5.88. The van der Waals surface area contributed by atoms with Gasteiger partial charge in [-0.25, -0.2) is 4.98 Å². The van der Waals surface area contributed by atoms with Gasteiger partial charge in [-0.05, 0) is 19.8 Å². The molecule has 0 atom stereocenters. The molecule has 2 heterocycles. The summed E-state index contributed by atoms with van der Waals surface area (Å²) in [5, 5.41) is 0. The van der Waals surface area contributed by atoms with Crippen LogP contribution in [0.4, 0.5) is 0 Å². The minimum absolute atomic E-state index is 0.414. The molecule has 1 aliphatic heterocycles. The van der Waals surface area contributed by atoms with E-state index in [1.54, 1.807) is 0 Å². The first-order valence-electron chi connectivity index (χ1n) is 5.76. The van der Waals surface area contributed by atoms with Crippen molar-refractivity contribution in [2.75, 3.05) is 13.1 Å². The number of nitrogens with two attached hydrogens (primary N) is 1. The van der Waals surface area contributed by atoms with Gasteiger partial charge in [-0.15, -0.1) is 0 Å². The van der Waals surface area contributed by atoms with Crippen LogP contribution in [0.1, 0.15) is 25.5 Å². The van der Waals surface area contributed by atoms with Gasteiger partial charge in [-0.3, -0.25) is 4.90 Å². The molecule has 2 N–H and O–H groups in total. The standard InChI is InChI=1S/C11H20N4/c1-2-15-9-13-7-11(15)8-14-5-3-10(12)4-6-14/h7,9-10H,2-6,8,12H2,1H3. The molecule has 15 heavy (non-hydrogen) atoms. The Balaban J connectivity index is 1.91. The third kappa shape index (κ3) is 2.58. The van der Waals surface area contributed by atoms with Crippen LogP contribution in [0.15, 0.2) is 12.5 Å². The minimum atomic E-state index is 0.414. The van der Waals surface area contributed by atoms with E-state index in [9.17, 15) is 0 Å². The fourth-order valence-electron chi connectivity index (χ4n) is 2.10. The molecule has 0 radical (unpaired) electrons. The van der Waals surface area contributed by atoms with Gasteiger partial charge in [-0.1, -0.05) is 0 Å². The van der Waals surface area contributed by atoms with E-state index in [1.807, 2.05) is 12.5 Å². The van der Waals surface area contributed by atoms with E-state index in [-0.39, 0.29) is 0 Å². The molecule has 1 saturated heterocycles. The summed E-state index contributed by atoms with van der Waals surface area (Å²) >= 11 is 0. The lowest BCUT2D eigenvalue weighted by Gasteiger charge is -2.30. The molecule has 0 saturated carbocycles. The molecular weight excluding hydrogens is 188 g/mol. The van der Waals surface area contributed by atoms with Crippen molar-refractivity contribution in [3.8, 4) is 0 Å². The zero-order valence-corrected chi connectivity index (χ0v) is 9.39. The maximum absolute atomic E-state index is 5.88. The number of imidazole rings is 1. The van der Waals surface area contributed by atoms with E-state index in [2.05, 4.69) is 21.4 Å². The first-order valence-corrected chi connectivity index (χ1v) is 5.76. The number of likely N-dealkylation sites (tertiary alicyclic amines) is 1. The molecule has 1 aromatic heterocycles. The first kappa shape index (κ1) is 10.6. The third-order valence-corrected chi connectivity index (χ3v) is 3.16. The molecular formula is C11H20N4. The summed E-state index contributed by atoms with van der Waals surface area (Å²) in [4.78, 5) is 6.65. The summed E-state index contributed by atoms with van der Waals surface area (Å²) in [6, 6.07) is 0.414. The summed E-state index contributed by atoms with van der Waals surface area (Å²) in [6.07, 6.45) is 6.13. The van der Waals surface area contributed by atoms with Crippen LogP contribution in [0.5, 0.6) is 0 Å². The molecule has 2 rings (SSSR count). The molecule has 4 heteroatoms. The van der Waals surface area contributed by atoms with Crippen molar-refractivity contribution < 1.29 is 0 Å². The molecule has 0 amide bonds. The number of rotatable bonds is 3. The fourth-order valence-corrected chi connectivity index (χ4v) is 2.10. The molecule has 84 valence electrons. The summed E-state index contributed by atoms with van der Waals surface area (Å²) in [6.45, 7) is 6.41. The van der Waals surface area contributed by atoms with Gasteiger partial charge in [0.15, 0.2) is 0 Å². The first-order chi connectivity index (χ1) is 7.29. The van der Waals surface area contributed by atoms with E-state index < -0.39 is 0 Å². The van der Waals surface area contributed by atoms with E-state index >= 15 is 0 Å². The van der Waals surface area contributed by atoms with Crippen LogP contribution in [0.3, 0.4) is 0 Å². The van der Waals surface area contributed by atoms with Gasteiger partial charge in [0.2, 0.25) is 0 Å². The van der Waals surface area contributed by atoms with Gasteiger partial charge in [0.1, 0.15) is 0 Å². The highest BCUT2D eigenvalue weighted by Crippen LogP contribution is 2.12. The largest absolute Gasteiger partial charge is 0.334 e. The van der Waals surface area contributed by atoms with Gasteiger partial charge in [-0.2, -0.15) is 0 Å². The van der Waals surface area contributed by atoms with Crippen LogP contribution in [-0.2, 0) is 13.1 Å². The van der Waals surface area contributed by atoms with Gasteiger partial charge >= 0.3 is 0 Å². The van der Waals surface area contributed by atoms with Gasteiger partial charge in [0.05, 0.1) is 12.0 Å². The summed E-state index contributed by atoms with van der Waals surface area (Å²) in [5.41, 5.74) is 7.20. The summed E-state index contributed by atoms with van der Waals surface area (Å²) < 4.78 is 2.20. The fraction of sp³-hybridized carbons (Fsp3) is 0.727. The van der Waals surface area contributed by atoms with Crippen LogP contribution < -0.4 is 5.73 Å². The number of hydrogen-bond donors (Lipinski definition) is 1. The van der Waals surface area contributed by atoms with Crippen molar-refractivity contribution in [2.24, 2.45) is 5.73 Å². The second-order valence-corrected chi connectivity index (χ2v) is 4.28. The monoisotopic (exact) mass is 208 g/mol. The predicted molar refractivity (Wildman–Crippen MR) is 60.4 cm³/mol. The Morgan fingerprint density at radius 2 is 2.20 bits per heavy atom. The van der Waals surface area contributed by atoms with Crippen molar-refractivity contribution >= 4 is 0 Å². The smallest absolute Gasteiger partial charge is 0.0948 e. The number of hydrogen-bond acceptors (Lipinski definition) is 3. The van der Waals surface area contributed by atoms with Crippen LogP contribution in [0, 0.1) is 0 Å². The second kappa shape index (κ2) is 4.77. The number of nitrogens with zero attached hydrogens (tertiary/aromatic N) is 3. The van der Waals surface area contributed by atoms with Crippen LogP contribution in [0.2, 0.25) is 0 Å². The predicted octanol–water partition coefficient (Wildman–Crippen LogP) is 0.826. The quantitative estimate of drug-likeness (QED) is 0.800. The van der Waals surface area contributed by atoms with Gasteiger partial charge in [0.25, 0.3) is 0 Å². The number of aromatic nitrogens is 2. The molecule has 4 nitrogen and oxygen atoms in total. The summed E-state index contributed by atoms with van der Waals surface area (Å²) in [5.74, 6) is 0. The highest BCUT2D eigenvalue weighted by atomic mass is 15.2. The Kier molecular flexibility index (Phi) is 3.38. The Morgan fingerprint density at radius 1 is 1.47 bits per heavy atom. The van der Waals surface area contributed by atoms with E-state index in [0.29, 0.717) is 6.04 Å². The Labute approximate surface area is 91.1 Å². The zero-order valence-electron chi connectivity index (χ0n) is 9.39. The van der Waals surface area contributed by atoms with Crippen LogP contribution in [0.25, 0.3) is 0 Å². The normalized spacial score (nSPS) is 19.6. The topological polar surface area (TPSA) is 47.1 Å². The van der Waals surface area contributed by atoms with E-state index in [1.165, 1.54) is 5.69 Å². The van der Waals surface area contributed by atoms with Gasteiger partial charge in [0, 0.05) is 38.4 Å². The van der Waals surface area contributed by atoms with Crippen molar-refractivity contribution in [1.82, 2.24) is 14.5 Å². The third-order valence-electron chi connectivity index (χ3n) is 3.16. The van der Waals surface area contributed by atoms with Crippen molar-refractivity contribution in [3.63, 3.8) is 0 Å². The van der Waals surface area contributed by atoms with Crippen molar-refractivity contribution in [1.29, 1.82) is 0 Å². The molecule has 1 aliphatic rings. The molecule has 0 unspecified atom stereocenters. The summed E-state index contributed by atoms with van der Waals surface area (Å²) in [7, 11) is 0. The van der Waals surface area contributed by atoms with Crippen molar-refractivity contribution in [2.45, 2.75) is 38.9 Å². The Bertz CT molecular complexity index is 299. The molecule has 0 bridgehead atoms. The lowest BCUT2D eigenvalue weighted by molar-refractivity contribution is 0.201. The highest BCUT2D eigenvalue weighted by molar-refractivity contribution is 4.98. The average molecular weight is 208 g/mol. The molecule has 1 aromatic rings. The average Bonchev–Trinajstić information content (AvgIpc) is 2.69. The molecule has 0 spiro atoms. The SMILES string of the molecule is CCn1cncc1CN1CCC(N)CC1.